The average Bonchev–Trinajstić information content (AvgIpc) is 3.44. The van der Waals surface area contributed by atoms with Crippen LogP contribution in [0, 0.1) is 6.92 Å². The Morgan fingerprint density at radius 1 is 1.23 bits per heavy atom. The van der Waals surface area contributed by atoms with Crippen molar-refractivity contribution in [3.8, 4) is 22.8 Å². The van der Waals surface area contributed by atoms with E-state index < -0.39 is 0 Å². The highest BCUT2D eigenvalue weighted by atomic mass is 16.5. The Labute approximate surface area is 182 Å². The van der Waals surface area contributed by atoms with Crippen LogP contribution < -0.4 is 9.47 Å². The van der Waals surface area contributed by atoms with E-state index >= 15 is 0 Å². The Bertz CT molecular complexity index is 998. The second kappa shape index (κ2) is 9.94. The molecule has 0 amide bonds. The van der Waals surface area contributed by atoms with Gasteiger partial charge in [-0.2, -0.15) is 0 Å². The van der Waals surface area contributed by atoms with Crippen molar-refractivity contribution in [1.29, 1.82) is 0 Å². The zero-order chi connectivity index (χ0) is 21.6. The number of hydrogen-bond donors (Lipinski definition) is 0. The first-order valence-corrected chi connectivity index (χ1v) is 10.6. The fourth-order valence-electron chi connectivity index (χ4n) is 3.91. The molecule has 1 fully saturated rings. The number of nitrogens with zero attached hydrogens (tertiary/aromatic N) is 3. The van der Waals surface area contributed by atoms with Crippen LogP contribution in [0.1, 0.15) is 29.9 Å². The summed E-state index contributed by atoms with van der Waals surface area (Å²) in [5.74, 6) is 2.20. The number of aromatic nitrogens is 2. The Morgan fingerprint density at radius 3 is 2.87 bits per heavy atom. The van der Waals surface area contributed by atoms with Crippen LogP contribution in [0.5, 0.6) is 11.6 Å². The lowest BCUT2D eigenvalue weighted by Crippen LogP contribution is -2.28. The number of pyridine rings is 1. The van der Waals surface area contributed by atoms with Gasteiger partial charge in [0.1, 0.15) is 23.8 Å². The van der Waals surface area contributed by atoms with E-state index in [0.717, 1.165) is 66.4 Å². The molecule has 3 aromatic rings. The maximum absolute atomic E-state index is 6.13. The van der Waals surface area contributed by atoms with Gasteiger partial charge < -0.3 is 18.7 Å². The molecule has 1 aromatic carbocycles. The van der Waals surface area contributed by atoms with Crippen LogP contribution in [0.15, 0.2) is 47.1 Å². The monoisotopic (exact) mass is 423 g/mol. The molecule has 0 bridgehead atoms. The largest absolute Gasteiger partial charge is 0.487 e. The van der Waals surface area contributed by atoms with Gasteiger partial charge in [0.05, 0.1) is 13.2 Å². The minimum Gasteiger partial charge on any atom is -0.487 e. The van der Waals surface area contributed by atoms with E-state index in [0.29, 0.717) is 18.6 Å². The molecular weight excluding hydrogens is 394 g/mol. The third-order valence-corrected chi connectivity index (χ3v) is 5.37. The number of benzene rings is 1. The summed E-state index contributed by atoms with van der Waals surface area (Å²) < 4.78 is 22.5. The maximum Gasteiger partial charge on any atom is 0.221 e. The molecule has 0 N–H and O–H groups in total. The van der Waals surface area contributed by atoms with Crippen LogP contribution in [0.2, 0.25) is 0 Å². The number of ether oxygens (including phenoxy) is 3. The summed E-state index contributed by atoms with van der Waals surface area (Å²) in [5.41, 5.74) is 3.85. The Balaban J connectivity index is 1.58. The quantitative estimate of drug-likeness (QED) is 0.510. The lowest BCUT2D eigenvalue weighted by Gasteiger charge is -2.22. The summed E-state index contributed by atoms with van der Waals surface area (Å²) >= 11 is 0. The van der Waals surface area contributed by atoms with E-state index in [-0.39, 0.29) is 0 Å². The lowest BCUT2D eigenvalue weighted by molar-refractivity contribution is 0.0790. The standard InChI is InChI=1S/C24H29N3O4/c1-17-12-20(26-31-17)16-30-23-9-8-18(22-7-4-10-25-24(22)28-3)13-19(23)14-27(2)15-21-6-5-11-29-21/h4,7-10,12-13,21H,5-6,11,14-16H2,1-3H3. The van der Waals surface area contributed by atoms with Crippen LogP contribution in [-0.2, 0) is 17.9 Å². The van der Waals surface area contributed by atoms with Gasteiger partial charge in [0, 0.05) is 43.1 Å². The van der Waals surface area contributed by atoms with Crippen molar-refractivity contribution in [2.24, 2.45) is 0 Å². The van der Waals surface area contributed by atoms with Crippen molar-refractivity contribution >= 4 is 0 Å². The van der Waals surface area contributed by atoms with Crippen LogP contribution in [0.4, 0.5) is 0 Å². The van der Waals surface area contributed by atoms with Gasteiger partial charge in [0.2, 0.25) is 5.88 Å². The van der Waals surface area contributed by atoms with Crippen LogP contribution >= 0.6 is 0 Å². The van der Waals surface area contributed by atoms with E-state index in [1.807, 2.05) is 37.3 Å². The highest BCUT2D eigenvalue weighted by molar-refractivity contribution is 5.70. The van der Waals surface area contributed by atoms with Gasteiger partial charge >= 0.3 is 0 Å². The van der Waals surface area contributed by atoms with Crippen molar-refractivity contribution < 1.29 is 18.7 Å². The highest BCUT2D eigenvalue weighted by Gasteiger charge is 2.19. The molecule has 0 spiro atoms. The molecule has 0 saturated carbocycles. The predicted molar refractivity (Wildman–Crippen MR) is 117 cm³/mol. The minimum absolute atomic E-state index is 0.300. The smallest absolute Gasteiger partial charge is 0.221 e. The van der Waals surface area contributed by atoms with Gasteiger partial charge in [-0.15, -0.1) is 0 Å². The summed E-state index contributed by atoms with van der Waals surface area (Å²) in [7, 11) is 3.75. The summed E-state index contributed by atoms with van der Waals surface area (Å²) in [4.78, 5) is 6.61. The van der Waals surface area contributed by atoms with Crippen molar-refractivity contribution in [2.75, 3.05) is 27.3 Å². The molecular formula is C24H29N3O4. The molecule has 1 atom stereocenters. The second-order valence-electron chi connectivity index (χ2n) is 7.93. The zero-order valence-electron chi connectivity index (χ0n) is 18.3. The first-order valence-electron chi connectivity index (χ1n) is 10.6. The fraction of sp³-hybridized carbons (Fsp3) is 0.417. The number of hydrogen-bond acceptors (Lipinski definition) is 7. The first-order chi connectivity index (χ1) is 15.1. The normalized spacial score (nSPS) is 16.1. The summed E-state index contributed by atoms with van der Waals surface area (Å²) in [6, 6.07) is 12.0. The molecule has 2 aromatic heterocycles. The number of aryl methyl sites for hydroxylation is 1. The third-order valence-electron chi connectivity index (χ3n) is 5.37. The van der Waals surface area contributed by atoms with Gasteiger partial charge in [-0.1, -0.05) is 11.2 Å². The fourth-order valence-corrected chi connectivity index (χ4v) is 3.91. The zero-order valence-corrected chi connectivity index (χ0v) is 18.3. The Hall–Kier alpha value is -2.90. The third kappa shape index (κ3) is 5.42. The Morgan fingerprint density at radius 2 is 2.13 bits per heavy atom. The summed E-state index contributed by atoms with van der Waals surface area (Å²) in [6.45, 7) is 4.72. The number of methoxy groups -OCH3 is 1. The molecule has 164 valence electrons. The van der Waals surface area contributed by atoms with Crippen molar-refractivity contribution in [2.45, 2.75) is 39.0 Å². The van der Waals surface area contributed by atoms with Crippen LogP contribution in [0.3, 0.4) is 0 Å². The summed E-state index contributed by atoms with van der Waals surface area (Å²) in [5, 5.41) is 4.03. The van der Waals surface area contributed by atoms with Gasteiger partial charge in [-0.3, -0.25) is 4.90 Å². The number of rotatable bonds is 9. The van der Waals surface area contributed by atoms with E-state index in [1.165, 1.54) is 0 Å². The maximum atomic E-state index is 6.13. The molecule has 1 aliphatic heterocycles. The van der Waals surface area contributed by atoms with E-state index in [4.69, 9.17) is 18.7 Å². The van der Waals surface area contributed by atoms with Gasteiger partial charge in [0.25, 0.3) is 0 Å². The van der Waals surface area contributed by atoms with Crippen molar-refractivity contribution in [3.63, 3.8) is 0 Å². The van der Waals surface area contributed by atoms with E-state index in [2.05, 4.69) is 28.2 Å². The van der Waals surface area contributed by atoms with Gasteiger partial charge in [0.15, 0.2) is 0 Å². The SMILES string of the molecule is COc1ncccc1-c1ccc(OCc2cc(C)on2)c(CN(C)CC2CCCO2)c1. The molecule has 1 saturated heterocycles. The van der Waals surface area contributed by atoms with Crippen molar-refractivity contribution in [1.82, 2.24) is 15.0 Å². The molecule has 1 aliphatic rings. The molecule has 7 nitrogen and oxygen atoms in total. The molecule has 31 heavy (non-hydrogen) atoms. The molecule has 7 heteroatoms. The topological polar surface area (TPSA) is 69.9 Å². The summed E-state index contributed by atoms with van der Waals surface area (Å²) in [6.07, 6.45) is 4.29. The van der Waals surface area contributed by atoms with Crippen LogP contribution in [-0.4, -0.2) is 48.5 Å². The minimum atomic E-state index is 0.300. The van der Waals surface area contributed by atoms with Crippen molar-refractivity contribution in [3.05, 3.63) is 59.6 Å². The molecule has 3 heterocycles. The lowest BCUT2D eigenvalue weighted by atomic mass is 10.0. The average molecular weight is 424 g/mol. The highest BCUT2D eigenvalue weighted by Crippen LogP contribution is 2.32. The first kappa shape index (κ1) is 21.3. The van der Waals surface area contributed by atoms with Gasteiger partial charge in [-0.05, 0) is 56.6 Å². The molecule has 4 rings (SSSR count). The number of likely N-dealkylation sites (N-methyl/N-ethyl adjacent to an activating group) is 1. The molecule has 0 radical (unpaired) electrons. The van der Waals surface area contributed by atoms with E-state index in [1.54, 1.807) is 13.3 Å². The van der Waals surface area contributed by atoms with Crippen LogP contribution in [0.25, 0.3) is 11.1 Å². The van der Waals surface area contributed by atoms with Gasteiger partial charge in [-0.25, -0.2) is 4.98 Å². The predicted octanol–water partition coefficient (Wildman–Crippen LogP) is 4.24. The molecule has 0 aliphatic carbocycles. The second-order valence-corrected chi connectivity index (χ2v) is 7.93. The Kier molecular flexibility index (Phi) is 6.84. The van der Waals surface area contributed by atoms with E-state index in [9.17, 15) is 0 Å². The molecule has 1 unspecified atom stereocenters.